The molecule has 2 aliphatic carbocycles. The van der Waals surface area contributed by atoms with Gasteiger partial charge >= 0.3 is 0 Å². The second-order valence-corrected chi connectivity index (χ2v) is 8.13. The third-order valence-electron chi connectivity index (χ3n) is 4.99. The molecule has 28 heavy (non-hydrogen) atoms. The van der Waals surface area contributed by atoms with E-state index in [9.17, 15) is 4.79 Å². The highest BCUT2D eigenvalue weighted by Crippen LogP contribution is 2.36. The standard InChI is InChI=1S/C20H33N3O.2C2H6/c1-15-12-17(22-11-10-19(21)24)13-20(2,3)14-18(15)23-16-8-6-4-5-7-9-16;2*1-2/h4,6,8,15,17,22H,5,7,9-14H2,1-3H3,(H2,21,24);2*1-2H3. The fourth-order valence-corrected chi connectivity index (χ4v) is 3.79. The maximum Gasteiger partial charge on any atom is 0.218 e. The Labute approximate surface area is 174 Å². The van der Waals surface area contributed by atoms with Gasteiger partial charge in [0.1, 0.15) is 0 Å². The predicted molar refractivity (Wildman–Crippen MR) is 124 cm³/mol. The van der Waals surface area contributed by atoms with Crippen molar-refractivity contribution >= 4 is 11.6 Å². The van der Waals surface area contributed by atoms with E-state index in [0.29, 0.717) is 24.9 Å². The Morgan fingerprint density at radius 3 is 2.61 bits per heavy atom. The molecule has 0 bridgehead atoms. The summed E-state index contributed by atoms with van der Waals surface area (Å²) in [6.07, 6.45) is 13.6. The van der Waals surface area contributed by atoms with E-state index in [4.69, 9.17) is 10.7 Å². The number of rotatable bonds is 5. The zero-order valence-electron chi connectivity index (χ0n) is 19.5. The average molecular weight is 392 g/mol. The molecule has 4 heteroatoms. The number of hydrogen-bond acceptors (Lipinski definition) is 3. The first-order chi connectivity index (χ1) is 13.4. The van der Waals surface area contributed by atoms with Crippen LogP contribution in [0, 0.1) is 11.3 Å². The molecule has 0 saturated heterocycles. The van der Waals surface area contributed by atoms with Crippen LogP contribution < -0.4 is 11.1 Å². The number of allylic oxidation sites excluding steroid dienone is 4. The van der Waals surface area contributed by atoms with Crippen LogP contribution in [0.25, 0.3) is 0 Å². The predicted octanol–water partition coefficient (Wildman–Crippen LogP) is 5.78. The van der Waals surface area contributed by atoms with Crippen LogP contribution in [0.3, 0.4) is 0 Å². The van der Waals surface area contributed by atoms with Gasteiger partial charge in [0.2, 0.25) is 5.91 Å². The summed E-state index contributed by atoms with van der Waals surface area (Å²) >= 11 is 0. The van der Waals surface area contributed by atoms with E-state index in [-0.39, 0.29) is 11.3 Å². The van der Waals surface area contributed by atoms with Gasteiger partial charge in [-0.2, -0.15) is 0 Å². The van der Waals surface area contributed by atoms with Gasteiger partial charge in [0.25, 0.3) is 0 Å². The molecule has 0 aromatic rings. The van der Waals surface area contributed by atoms with Crippen LogP contribution in [0.4, 0.5) is 0 Å². The molecule has 1 fully saturated rings. The molecule has 1 saturated carbocycles. The first-order valence-corrected chi connectivity index (χ1v) is 11.3. The molecule has 2 aliphatic rings. The second-order valence-electron chi connectivity index (χ2n) is 8.13. The quantitative estimate of drug-likeness (QED) is 0.583. The normalized spacial score (nSPS) is 25.2. The highest BCUT2D eigenvalue weighted by atomic mass is 16.1. The van der Waals surface area contributed by atoms with Gasteiger partial charge in [0.15, 0.2) is 0 Å². The van der Waals surface area contributed by atoms with E-state index in [1.54, 1.807) is 0 Å². The Balaban J connectivity index is 0.00000171. The maximum atomic E-state index is 11.0. The van der Waals surface area contributed by atoms with Gasteiger partial charge in [-0.05, 0) is 55.9 Å². The Bertz CT molecular complexity index is 532. The number of nitrogens with zero attached hydrogens (tertiary/aromatic N) is 1. The fourth-order valence-electron chi connectivity index (χ4n) is 3.79. The molecule has 0 aromatic heterocycles. The summed E-state index contributed by atoms with van der Waals surface area (Å²) in [5.41, 5.74) is 8.02. The van der Waals surface area contributed by atoms with E-state index < -0.39 is 0 Å². The number of carbonyl (C=O) groups is 1. The van der Waals surface area contributed by atoms with Gasteiger partial charge in [-0.15, -0.1) is 0 Å². The number of nitrogens with two attached hydrogens (primary N) is 1. The number of aliphatic imine (C=N–C) groups is 1. The Morgan fingerprint density at radius 1 is 1.29 bits per heavy atom. The summed E-state index contributed by atoms with van der Waals surface area (Å²) in [7, 11) is 0. The fraction of sp³-hybridized carbons (Fsp3) is 0.750. The summed E-state index contributed by atoms with van der Waals surface area (Å²) in [6, 6.07) is 0.421. The molecule has 162 valence electrons. The van der Waals surface area contributed by atoms with Gasteiger partial charge < -0.3 is 11.1 Å². The number of hydrogen-bond donors (Lipinski definition) is 2. The molecule has 0 spiro atoms. The minimum absolute atomic E-state index is 0.217. The zero-order valence-corrected chi connectivity index (χ0v) is 19.5. The van der Waals surface area contributed by atoms with E-state index in [0.717, 1.165) is 32.1 Å². The molecular weight excluding hydrogens is 346 g/mol. The van der Waals surface area contributed by atoms with Crippen LogP contribution in [0.2, 0.25) is 0 Å². The Kier molecular flexibility index (Phi) is 13.8. The van der Waals surface area contributed by atoms with Crippen LogP contribution >= 0.6 is 0 Å². The van der Waals surface area contributed by atoms with Gasteiger partial charge in [0, 0.05) is 30.4 Å². The average Bonchev–Trinajstić information content (AvgIpc) is 2.97. The van der Waals surface area contributed by atoms with Crippen molar-refractivity contribution in [2.24, 2.45) is 22.1 Å². The molecular formula is C24H45N3O. The topological polar surface area (TPSA) is 67.5 Å². The SMILES string of the molecule is CC.CC.CC1CC(NCCC(N)=O)CC(C)(C)CC1=NC1=CC=CCCC1. The summed E-state index contributed by atoms with van der Waals surface area (Å²) in [6.45, 7) is 15.6. The molecule has 2 atom stereocenters. The van der Waals surface area contributed by atoms with E-state index in [2.05, 4.69) is 44.3 Å². The molecule has 2 rings (SSSR count). The molecule has 0 heterocycles. The molecule has 1 amide bonds. The zero-order chi connectivity index (χ0) is 21.6. The van der Waals surface area contributed by atoms with Crippen molar-refractivity contribution in [2.45, 2.75) is 99.5 Å². The molecule has 2 unspecified atom stereocenters. The third-order valence-corrected chi connectivity index (χ3v) is 4.99. The molecule has 0 aliphatic heterocycles. The molecule has 3 N–H and O–H groups in total. The lowest BCUT2D eigenvalue weighted by Crippen LogP contribution is -2.35. The first-order valence-electron chi connectivity index (χ1n) is 11.3. The Hall–Kier alpha value is -1.42. The Morgan fingerprint density at radius 2 is 1.96 bits per heavy atom. The van der Waals surface area contributed by atoms with Crippen LogP contribution in [0.1, 0.15) is 93.4 Å². The lowest BCUT2D eigenvalue weighted by atomic mass is 9.83. The van der Waals surface area contributed by atoms with Crippen molar-refractivity contribution in [3.8, 4) is 0 Å². The number of nitrogens with one attached hydrogen (secondary N) is 1. The van der Waals surface area contributed by atoms with E-state index in [1.807, 2.05) is 27.7 Å². The van der Waals surface area contributed by atoms with Crippen LogP contribution in [0.15, 0.2) is 28.9 Å². The van der Waals surface area contributed by atoms with Crippen LogP contribution in [-0.4, -0.2) is 24.2 Å². The highest BCUT2D eigenvalue weighted by Gasteiger charge is 2.32. The summed E-state index contributed by atoms with van der Waals surface area (Å²) in [4.78, 5) is 16.0. The van der Waals surface area contributed by atoms with E-state index in [1.165, 1.54) is 17.8 Å². The van der Waals surface area contributed by atoms with Gasteiger partial charge in [-0.25, -0.2) is 0 Å². The third kappa shape index (κ3) is 10.8. The summed E-state index contributed by atoms with van der Waals surface area (Å²) in [5, 5.41) is 3.53. The van der Waals surface area contributed by atoms with Crippen molar-refractivity contribution in [2.75, 3.05) is 6.54 Å². The monoisotopic (exact) mass is 391 g/mol. The highest BCUT2D eigenvalue weighted by molar-refractivity contribution is 5.88. The van der Waals surface area contributed by atoms with Crippen LogP contribution in [-0.2, 0) is 4.79 Å². The van der Waals surface area contributed by atoms with Gasteiger partial charge in [-0.3, -0.25) is 9.79 Å². The van der Waals surface area contributed by atoms with Crippen molar-refractivity contribution in [1.29, 1.82) is 0 Å². The molecule has 0 aromatic carbocycles. The summed E-state index contributed by atoms with van der Waals surface area (Å²) < 4.78 is 0. The maximum absolute atomic E-state index is 11.0. The van der Waals surface area contributed by atoms with Gasteiger partial charge in [0.05, 0.1) is 0 Å². The first kappa shape index (κ1) is 26.6. The van der Waals surface area contributed by atoms with E-state index >= 15 is 0 Å². The smallest absolute Gasteiger partial charge is 0.218 e. The van der Waals surface area contributed by atoms with Crippen molar-refractivity contribution < 1.29 is 4.79 Å². The molecule has 4 nitrogen and oxygen atoms in total. The van der Waals surface area contributed by atoms with Crippen LogP contribution in [0.5, 0.6) is 0 Å². The second kappa shape index (κ2) is 14.6. The minimum Gasteiger partial charge on any atom is -0.370 e. The number of primary amides is 1. The lowest BCUT2D eigenvalue weighted by Gasteiger charge is -2.27. The summed E-state index contributed by atoms with van der Waals surface area (Å²) in [5.74, 6) is 0.227. The van der Waals surface area contributed by atoms with Crippen molar-refractivity contribution in [3.63, 3.8) is 0 Å². The largest absolute Gasteiger partial charge is 0.370 e. The molecule has 0 radical (unpaired) electrons. The number of carbonyl (C=O) groups excluding carboxylic acids is 1. The van der Waals surface area contributed by atoms with Crippen molar-refractivity contribution in [1.82, 2.24) is 5.32 Å². The van der Waals surface area contributed by atoms with Gasteiger partial charge in [-0.1, -0.05) is 60.6 Å². The lowest BCUT2D eigenvalue weighted by molar-refractivity contribution is -0.117. The number of amides is 1. The minimum atomic E-state index is -0.237. The van der Waals surface area contributed by atoms with Crippen molar-refractivity contribution in [3.05, 3.63) is 23.9 Å².